The molecule has 116 valence electrons. The molecule has 4 N–H and O–H groups in total. The van der Waals surface area contributed by atoms with Crippen molar-refractivity contribution in [2.24, 2.45) is 5.73 Å². The zero-order chi connectivity index (χ0) is 15.6. The molecule has 21 heavy (non-hydrogen) atoms. The number of nitrogens with two attached hydrogens (primary N) is 1. The fraction of sp³-hybridized carbons (Fsp3) is 0.667. The van der Waals surface area contributed by atoms with Gasteiger partial charge in [-0.05, 0) is 12.8 Å². The largest absolute Gasteiger partial charge is 0.481 e. The van der Waals surface area contributed by atoms with E-state index in [0.717, 1.165) is 0 Å². The molecule has 0 aliphatic carbocycles. The topological polar surface area (TPSA) is 133 Å². The summed E-state index contributed by atoms with van der Waals surface area (Å²) >= 11 is 0. The number of carboxylic acid groups (broad SMARTS) is 1. The van der Waals surface area contributed by atoms with Gasteiger partial charge in [-0.1, -0.05) is 0 Å². The van der Waals surface area contributed by atoms with Gasteiger partial charge in [0.2, 0.25) is 11.8 Å². The van der Waals surface area contributed by atoms with E-state index in [1.807, 2.05) is 0 Å². The van der Waals surface area contributed by atoms with Crippen LogP contribution in [0.5, 0.6) is 0 Å². The van der Waals surface area contributed by atoms with Crippen molar-refractivity contribution in [2.45, 2.75) is 31.3 Å². The number of rotatable bonds is 3. The SMILES string of the molecule is NC(=O)C1CCCN1C(=O)N1CCNC(=O)C1CC(=O)O. The molecule has 2 rings (SSSR count). The molecule has 2 aliphatic heterocycles. The smallest absolute Gasteiger partial charge is 0.321 e. The summed E-state index contributed by atoms with van der Waals surface area (Å²) in [6.45, 7) is 0.852. The van der Waals surface area contributed by atoms with Crippen LogP contribution in [-0.4, -0.2) is 70.4 Å². The lowest BCUT2D eigenvalue weighted by Crippen LogP contribution is -2.61. The Morgan fingerprint density at radius 3 is 2.62 bits per heavy atom. The number of primary amides is 1. The lowest BCUT2D eigenvalue weighted by Gasteiger charge is -2.37. The van der Waals surface area contributed by atoms with Gasteiger partial charge in [-0.2, -0.15) is 0 Å². The van der Waals surface area contributed by atoms with Crippen LogP contribution in [0.1, 0.15) is 19.3 Å². The van der Waals surface area contributed by atoms with E-state index in [0.29, 0.717) is 19.4 Å². The monoisotopic (exact) mass is 298 g/mol. The molecule has 4 amide bonds. The summed E-state index contributed by atoms with van der Waals surface area (Å²) in [6.07, 6.45) is 0.681. The number of carbonyl (C=O) groups excluding carboxylic acids is 3. The van der Waals surface area contributed by atoms with Gasteiger partial charge in [0, 0.05) is 19.6 Å². The van der Waals surface area contributed by atoms with Gasteiger partial charge in [0.05, 0.1) is 6.42 Å². The molecule has 2 atom stereocenters. The van der Waals surface area contributed by atoms with E-state index in [1.54, 1.807) is 0 Å². The van der Waals surface area contributed by atoms with Crippen LogP contribution >= 0.6 is 0 Å². The van der Waals surface area contributed by atoms with Crippen molar-refractivity contribution in [1.29, 1.82) is 0 Å². The van der Waals surface area contributed by atoms with Crippen LogP contribution in [0.4, 0.5) is 4.79 Å². The molecule has 0 radical (unpaired) electrons. The van der Waals surface area contributed by atoms with Crippen molar-refractivity contribution in [3.8, 4) is 0 Å². The molecule has 0 aromatic heterocycles. The Kier molecular flexibility index (Phi) is 4.29. The van der Waals surface area contributed by atoms with Gasteiger partial charge in [-0.25, -0.2) is 4.79 Å². The molecule has 2 unspecified atom stereocenters. The average molecular weight is 298 g/mol. The standard InChI is InChI=1S/C12H18N4O5/c13-10(19)7-2-1-4-15(7)12(21)16-5-3-14-11(20)8(16)6-9(17)18/h7-8H,1-6H2,(H2,13,19)(H,14,20)(H,17,18). The fourth-order valence-electron chi connectivity index (χ4n) is 2.77. The highest BCUT2D eigenvalue weighted by molar-refractivity contribution is 5.93. The summed E-state index contributed by atoms with van der Waals surface area (Å²) in [5.41, 5.74) is 5.27. The Bertz CT molecular complexity index is 480. The normalized spacial score (nSPS) is 25.6. The first-order valence-corrected chi connectivity index (χ1v) is 6.78. The number of carboxylic acids is 1. The zero-order valence-electron chi connectivity index (χ0n) is 11.4. The van der Waals surface area contributed by atoms with E-state index < -0.39 is 42.3 Å². The van der Waals surface area contributed by atoms with Gasteiger partial charge in [-0.3, -0.25) is 14.4 Å². The highest BCUT2D eigenvalue weighted by atomic mass is 16.4. The van der Waals surface area contributed by atoms with Crippen molar-refractivity contribution in [3.63, 3.8) is 0 Å². The number of hydrogen-bond donors (Lipinski definition) is 3. The van der Waals surface area contributed by atoms with E-state index in [-0.39, 0.29) is 13.1 Å². The van der Waals surface area contributed by atoms with E-state index in [9.17, 15) is 19.2 Å². The molecule has 0 bridgehead atoms. The number of nitrogens with zero attached hydrogens (tertiary/aromatic N) is 2. The Labute approximate surface area is 121 Å². The number of piperazine rings is 1. The molecular formula is C12H18N4O5. The van der Waals surface area contributed by atoms with Crippen LogP contribution in [0, 0.1) is 0 Å². The summed E-state index contributed by atoms with van der Waals surface area (Å²) in [5.74, 6) is -2.24. The van der Waals surface area contributed by atoms with Crippen LogP contribution in [-0.2, 0) is 14.4 Å². The number of nitrogens with one attached hydrogen (secondary N) is 1. The van der Waals surface area contributed by atoms with Crippen LogP contribution in [0.3, 0.4) is 0 Å². The van der Waals surface area contributed by atoms with Gasteiger partial charge in [0.1, 0.15) is 12.1 Å². The zero-order valence-corrected chi connectivity index (χ0v) is 11.4. The van der Waals surface area contributed by atoms with Gasteiger partial charge in [0.15, 0.2) is 0 Å². The molecule has 2 saturated heterocycles. The minimum atomic E-state index is -1.16. The van der Waals surface area contributed by atoms with E-state index in [1.165, 1.54) is 9.80 Å². The molecule has 9 nitrogen and oxygen atoms in total. The van der Waals surface area contributed by atoms with Crippen LogP contribution < -0.4 is 11.1 Å². The summed E-state index contributed by atoms with van der Waals surface area (Å²) in [7, 11) is 0. The minimum absolute atomic E-state index is 0.213. The van der Waals surface area contributed by atoms with Gasteiger partial charge in [-0.15, -0.1) is 0 Å². The fourth-order valence-corrected chi connectivity index (χ4v) is 2.77. The van der Waals surface area contributed by atoms with Crippen LogP contribution in [0.2, 0.25) is 0 Å². The summed E-state index contributed by atoms with van der Waals surface area (Å²) < 4.78 is 0. The summed E-state index contributed by atoms with van der Waals surface area (Å²) in [4.78, 5) is 49.1. The summed E-state index contributed by atoms with van der Waals surface area (Å²) in [6, 6.07) is -2.25. The Hall–Kier alpha value is -2.32. The molecule has 0 aromatic carbocycles. The molecule has 0 spiro atoms. The second-order valence-corrected chi connectivity index (χ2v) is 5.13. The number of carbonyl (C=O) groups is 4. The lowest BCUT2D eigenvalue weighted by atomic mass is 10.1. The number of likely N-dealkylation sites (tertiary alicyclic amines) is 1. The second-order valence-electron chi connectivity index (χ2n) is 5.13. The van der Waals surface area contributed by atoms with Crippen molar-refractivity contribution < 1.29 is 24.3 Å². The Morgan fingerprint density at radius 1 is 1.29 bits per heavy atom. The molecule has 0 saturated carbocycles. The van der Waals surface area contributed by atoms with Crippen molar-refractivity contribution in [2.75, 3.05) is 19.6 Å². The Balaban J connectivity index is 2.16. The highest BCUT2D eigenvalue weighted by Crippen LogP contribution is 2.21. The number of urea groups is 1. The molecule has 9 heteroatoms. The maximum atomic E-state index is 12.5. The van der Waals surface area contributed by atoms with Crippen molar-refractivity contribution in [1.82, 2.24) is 15.1 Å². The van der Waals surface area contributed by atoms with Gasteiger partial charge < -0.3 is 26.0 Å². The second kappa shape index (κ2) is 5.98. The van der Waals surface area contributed by atoms with Crippen molar-refractivity contribution >= 4 is 23.8 Å². The van der Waals surface area contributed by atoms with Crippen LogP contribution in [0.15, 0.2) is 0 Å². The lowest BCUT2D eigenvalue weighted by molar-refractivity contribution is -0.142. The third-order valence-corrected chi connectivity index (χ3v) is 3.77. The van der Waals surface area contributed by atoms with Crippen LogP contribution in [0.25, 0.3) is 0 Å². The number of hydrogen-bond acceptors (Lipinski definition) is 4. The number of amides is 4. The third-order valence-electron chi connectivity index (χ3n) is 3.77. The molecule has 2 aliphatic rings. The summed E-state index contributed by atoms with van der Waals surface area (Å²) in [5, 5.41) is 11.4. The first kappa shape index (κ1) is 15.1. The maximum Gasteiger partial charge on any atom is 0.321 e. The third kappa shape index (κ3) is 3.06. The average Bonchev–Trinajstić information content (AvgIpc) is 2.89. The van der Waals surface area contributed by atoms with Crippen molar-refractivity contribution in [3.05, 3.63) is 0 Å². The highest BCUT2D eigenvalue weighted by Gasteiger charge is 2.41. The predicted molar refractivity (Wildman–Crippen MR) is 70.1 cm³/mol. The number of aliphatic carboxylic acids is 1. The molecule has 2 fully saturated rings. The van der Waals surface area contributed by atoms with E-state index in [4.69, 9.17) is 10.8 Å². The molecular weight excluding hydrogens is 280 g/mol. The molecule has 2 heterocycles. The predicted octanol–water partition coefficient (Wildman–Crippen LogP) is -1.67. The quantitative estimate of drug-likeness (QED) is 0.573. The maximum absolute atomic E-state index is 12.5. The van der Waals surface area contributed by atoms with E-state index in [2.05, 4.69) is 5.32 Å². The first-order chi connectivity index (χ1) is 9.91. The van der Waals surface area contributed by atoms with Gasteiger partial charge >= 0.3 is 12.0 Å². The molecule has 0 aromatic rings. The minimum Gasteiger partial charge on any atom is -0.481 e. The van der Waals surface area contributed by atoms with E-state index >= 15 is 0 Å². The Morgan fingerprint density at radius 2 is 2.00 bits per heavy atom. The van der Waals surface area contributed by atoms with Gasteiger partial charge in [0.25, 0.3) is 0 Å². The first-order valence-electron chi connectivity index (χ1n) is 6.78.